The van der Waals surface area contributed by atoms with E-state index in [1.807, 2.05) is 24.3 Å². The molecule has 2 N–H and O–H groups in total. The predicted molar refractivity (Wildman–Crippen MR) is 89.9 cm³/mol. The van der Waals surface area contributed by atoms with E-state index >= 15 is 0 Å². The fourth-order valence-corrected chi connectivity index (χ4v) is 2.99. The average molecular weight is 325 g/mol. The van der Waals surface area contributed by atoms with Crippen molar-refractivity contribution in [1.82, 2.24) is 24.6 Å². The van der Waals surface area contributed by atoms with Crippen LogP contribution in [0.3, 0.4) is 0 Å². The van der Waals surface area contributed by atoms with E-state index in [0.29, 0.717) is 18.2 Å². The van der Waals surface area contributed by atoms with Crippen LogP contribution < -0.4 is 11.0 Å². The van der Waals surface area contributed by atoms with Crippen molar-refractivity contribution in [2.24, 2.45) is 14.1 Å². The minimum Gasteiger partial charge on any atom is -0.347 e. The number of H-pyrrole nitrogens is 1. The third-order valence-electron chi connectivity index (χ3n) is 4.64. The third-order valence-corrected chi connectivity index (χ3v) is 4.64. The van der Waals surface area contributed by atoms with E-state index in [0.717, 1.165) is 22.3 Å². The third kappa shape index (κ3) is 2.42. The first-order chi connectivity index (χ1) is 11.5. The summed E-state index contributed by atoms with van der Waals surface area (Å²) in [5, 5.41) is 9.90. The van der Waals surface area contributed by atoms with E-state index in [-0.39, 0.29) is 11.6 Å². The van der Waals surface area contributed by atoms with Crippen LogP contribution in [0.15, 0.2) is 29.1 Å². The number of benzene rings is 1. The van der Waals surface area contributed by atoms with Gasteiger partial charge in [0.05, 0.1) is 11.0 Å². The van der Waals surface area contributed by atoms with Crippen molar-refractivity contribution < 1.29 is 4.79 Å². The standard InChI is InChI=1S/C17H19N5O2/c1-21-14-6-3-10(7-15(14)22(2)17(21)24)9-18-16(23)13-8-12(19-20-13)11-4-5-11/h3,6-8,11H,4-5,9H2,1-2H3,(H,18,23)(H,19,20). The molecule has 0 atom stereocenters. The Morgan fingerprint density at radius 2 is 2.00 bits per heavy atom. The number of aromatic amines is 1. The molecule has 1 amide bonds. The van der Waals surface area contributed by atoms with Crippen LogP contribution in [0.5, 0.6) is 0 Å². The lowest BCUT2D eigenvalue weighted by atomic mass is 10.2. The van der Waals surface area contributed by atoms with Gasteiger partial charge in [0, 0.05) is 32.3 Å². The molecule has 0 unspecified atom stereocenters. The van der Waals surface area contributed by atoms with Crippen LogP contribution in [0.2, 0.25) is 0 Å². The first kappa shape index (κ1) is 14.7. The van der Waals surface area contributed by atoms with Crippen molar-refractivity contribution in [3.8, 4) is 0 Å². The summed E-state index contributed by atoms with van der Waals surface area (Å²) in [6.07, 6.45) is 2.33. The molecule has 1 saturated carbocycles. The normalized spacial score (nSPS) is 14.2. The van der Waals surface area contributed by atoms with Gasteiger partial charge in [0.1, 0.15) is 5.69 Å². The van der Waals surface area contributed by atoms with Crippen molar-refractivity contribution in [1.29, 1.82) is 0 Å². The highest BCUT2D eigenvalue weighted by Gasteiger charge is 2.26. The highest BCUT2D eigenvalue weighted by atomic mass is 16.2. The summed E-state index contributed by atoms with van der Waals surface area (Å²) in [7, 11) is 3.50. The summed E-state index contributed by atoms with van der Waals surface area (Å²) in [4.78, 5) is 24.2. The summed E-state index contributed by atoms with van der Waals surface area (Å²) >= 11 is 0. The lowest BCUT2D eigenvalue weighted by molar-refractivity contribution is 0.0946. The molecule has 0 bridgehead atoms. The van der Waals surface area contributed by atoms with E-state index in [2.05, 4.69) is 15.5 Å². The van der Waals surface area contributed by atoms with Crippen molar-refractivity contribution in [3.05, 3.63) is 51.7 Å². The molecule has 124 valence electrons. The van der Waals surface area contributed by atoms with Crippen LogP contribution in [0.1, 0.15) is 40.5 Å². The average Bonchev–Trinajstić information content (AvgIpc) is 3.29. The van der Waals surface area contributed by atoms with Gasteiger partial charge in [-0.15, -0.1) is 0 Å². The topological polar surface area (TPSA) is 84.7 Å². The van der Waals surface area contributed by atoms with Gasteiger partial charge in [-0.05, 0) is 36.6 Å². The van der Waals surface area contributed by atoms with Crippen LogP contribution >= 0.6 is 0 Å². The second-order valence-electron chi connectivity index (χ2n) is 6.39. The fourth-order valence-electron chi connectivity index (χ4n) is 2.99. The summed E-state index contributed by atoms with van der Waals surface area (Å²) in [6.45, 7) is 0.392. The van der Waals surface area contributed by atoms with Crippen molar-refractivity contribution in [3.63, 3.8) is 0 Å². The molecule has 1 aliphatic rings. The molecular formula is C17H19N5O2. The highest BCUT2D eigenvalue weighted by Crippen LogP contribution is 2.38. The molecule has 7 nitrogen and oxygen atoms in total. The first-order valence-electron chi connectivity index (χ1n) is 8.02. The molecule has 4 rings (SSSR count). The Morgan fingerprint density at radius 1 is 1.25 bits per heavy atom. The van der Waals surface area contributed by atoms with Crippen LogP contribution in [-0.4, -0.2) is 25.2 Å². The number of fused-ring (bicyclic) bond motifs is 1. The lowest BCUT2D eigenvalue weighted by Gasteiger charge is -2.04. The van der Waals surface area contributed by atoms with Crippen molar-refractivity contribution >= 4 is 16.9 Å². The molecule has 1 fully saturated rings. The van der Waals surface area contributed by atoms with Crippen molar-refractivity contribution in [2.45, 2.75) is 25.3 Å². The Balaban J connectivity index is 1.50. The zero-order valence-electron chi connectivity index (χ0n) is 13.7. The number of imidazole rings is 1. The summed E-state index contributed by atoms with van der Waals surface area (Å²) < 4.78 is 3.22. The predicted octanol–water partition coefficient (Wildman–Crippen LogP) is 1.41. The Kier molecular flexibility index (Phi) is 3.30. The number of aryl methyl sites for hydroxylation is 2. The number of carbonyl (C=O) groups excluding carboxylic acids is 1. The molecule has 0 aliphatic heterocycles. The van der Waals surface area contributed by atoms with Crippen LogP contribution in [0, 0.1) is 0 Å². The number of hydrogen-bond acceptors (Lipinski definition) is 3. The largest absolute Gasteiger partial charge is 0.347 e. The van der Waals surface area contributed by atoms with E-state index in [4.69, 9.17) is 0 Å². The fraction of sp³-hybridized carbons (Fsp3) is 0.353. The Hall–Kier alpha value is -2.83. The van der Waals surface area contributed by atoms with Gasteiger partial charge in [-0.2, -0.15) is 5.10 Å². The van der Waals surface area contributed by atoms with Crippen molar-refractivity contribution in [2.75, 3.05) is 0 Å². The second-order valence-corrected chi connectivity index (χ2v) is 6.39. The van der Waals surface area contributed by atoms with Crippen LogP contribution in [0.4, 0.5) is 0 Å². The highest BCUT2D eigenvalue weighted by molar-refractivity contribution is 5.92. The van der Waals surface area contributed by atoms with Crippen LogP contribution in [-0.2, 0) is 20.6 Å². The summed E-state index contributed by atoms with van der Waals surface area (Å²) in [5.41, 5.74) is 4.07. The number of nitrogens with zero attached hydrogens (tertiary/aromatic N) is 3. The van der Waals surface area contributed by atoms with E-state index in [9.17, 15) is 9.59 Å². The van der Waals surface area contributed by atoms with Gasteiger partial charge in [-0.1, -0.05) is 6.07 Å². The number of nitrogens with one attached hydrogen (secondary N) is 2. The zero-order chi connectivity index (χ0) is 16.8. The maximum Gasteiger partial charge on any atom is 0.328 e. The SMILES string of the molecule is Cn1c(=O)n(C)c2cc(CNC(=O)c3cc(C4CC4)[nH]n3)ccc21. The Morgan fingerprint density at radius 3 is 2.75 bits per heavy atom. The number of hydrogen-bond donors (Lipinski definition) is 2. The second kappa shape index (κ2) is 5.36. The number of rotatable bonds is 4. The quantitative estimate of drug-likeness (QED) is 0.760. The van der Waals surface area contributed by atoms with Gasteiger partial charge in [-0.3, -0.25) is 19.0 Å². The van der Waals surface area contributed by atoms with Gasteiger partial charge in [0.15, 0.2) is 0 Å². The monoisotopic (exact) mass is 325 g/mol. The molecular weight excluding hydrogens is 306 g/mol. The molecule has 0 saturated heterocycles. The maximum atomic E-state index is 12.2. The van der Waals surface area contributed by atoms with Gasteiger partial charge in [0.25, 0.3) is 5.91 Å². The smallest absolute Gasteiger partial charge is 0.328 e. The van der Waals surface area contributed by atoms with Gasteiger partial charge >= 0.3 is 5.69 Å². The van der Waals surface area contributed by atoms with Gasteiger partial charge in [0.2, 0.25) is 0 Å². The minimum atomic E-state index is -0.194. The minimum absolute atomic E-state index is 0.0599. The van der Waals surface area contributed by atoms with Gasteiger partial charge in [-0.25, -0.2) is 4.79 Å². The molecule has 2 aromatic heterocycles. The first-order valence-corrected chi connectivity index (χ1v) is 8.02. The van der Waals surface area contributed by atoms with E-state index < -0.39 is 0 Å². The molecule has 3 aromatic rings. The maximum absolute atomic E-state index is 12.2. The van der Waals surface area contributed by atoms with Crippen LogP contribution in [0.25, 0.3) is 11.0 Å². The molecule has 7 heteroatoms. The number of aromatic nitrogens is 4. The van der Waals surface area contributed by atoms with E-state index in [1.165, 1.54) is 12.8 Å². The van der Waals surface area contributed by atoms with E-state index in [1.54, 1.807) is 23.2 Å². The number of carbonyl (C=O) groups is 1. The van der Waals surface area contributed by atoms with Gasteiger partial charge < -0.3 is 5.32 Å². The molecule has 1 aliphatic carbocycles. The Bertz CT molecular complexity index is 990. The zero-order valence-corrected chi connectivity index (χ0v) is 13.7. The summed E-state index contributed by atoms with van der Waals surface area (Å²) in [6, 6.07) is 7.58. The molecule has 0 spiro atoms. The lowest BCUT2D eigenvalue weighted by Crippen LogP contribution is -2.23. The molecule has 0 radical (unpaired) electrons. The summed E-state index contributed by atoms with van der Waals surface area (Å²) in [5.74, 6) is 0.348. The Labute approximate surface area is 138 Å². The molecule has 24 heavy (non-hydrogen) atoms. The number of amides is 1. The molecule has 1 aromatic carbocycles. The molecule has 2 heterocycles.